The average Bonchev–Trinajstić information content (AvgIpc) is 2.70. The zero-order valence-corrected chi connectivity index (χ0v) is 15.4. The van der Waals surface area contributed by atoms with E-state index >= 15 is 0 Å². The first-order valence-electron chi connectivity index (χ1n) is 8.83. The van der Waals surface area contributed by atoms with E-state index < -0.39 is 5.91 Å². The summed E-state index contributed by atoms with van der Waals surface area (Å²) in [6.45, 7) is 2.46. The minimum Gasteiger partial charge on any atom is -0.497 e. The maximum atomic E-state index is 12.7. The SMILES string of the molecule is CCc1ccc(NC(=O)c2cccn(Cc3ccc(OC)cc3)c2=O)cc1. The molecule has 27 heavy (non-hydrogen) atoms. The number of carbonyl (C=O) groups excluding carboxylic acids is 1. The monoisotopic (exact) mass is 362 g/mol. The fraction of sp³-hybridized carbons (Fsp3) is 0.182. The van der Waals surface area contributed by atoms with E-state index in [4.69, 9.17) is 4.74 Å². The van der Waals surface area contributed by atoms with Crippen LogP contribution in [0.15, 0.2) is 71.7 Å². The van der Waals surface area contributed by atoms with Crippen LogP contribution in [-0.4, -0.2) is 17.6 Å². The summed E-state index contributed by atoms with van der Waals surface area (Å²) in [4.78, 5) is 25.2. The van der Waals surface area contributed by atoms with Gasteiger partial charge in [0.2, 0.25) is 0 Å². The Labute approximate surface area is 158 Å². The highest BCUT2D eigenvalue weighted by Crippen LogP contribution is 2.13. The number of benzene rings is 2. The van der Waals surface area contributed by atoms with Crippen molar-refractivity contribution in [2.75, 3.05) is 12.4 Å². The lowest BCUT2D eigenvalue weighted by Crippen LogP contribution is -2.29. The Balaban J connectivity index is 1.78. The first-order valence-corrected chi connectivity index (χ1v) is 8.83. The van der Waals surface area contributed by atoms with Crippen molar-refractivity contribution in [3.8, 4) is 5.75 Å². The third-order valence-corrected chi connectivity index (χ3v) is 4.40. The number of pyridine rings is 1. The molecule has 1 amide bonds. The van der Waals surface area contributed by atoms with E-state index in [0.29, 0.717) is 12.2 Å². The average molecular weight is 362 g/mol. The molecule has 0 unspecified atom stereocenters. The van der Waals surface area contributed by atoms with E-state index in [1.54, 1.807) is 25.4 Å². The minimum absolute atomic E-state index is 0.116. The number of nitrogens with zero attached hydrogens (tertiary/aromatic N) is 1. The van der Waals surface area contributed by atoms with Gasteiger partial charge in [0.15, 0.2) is 0 Å². The molecule has 1 heterocycles. The van der Waals surface area contributed by atoms with E-state index in [0.717, 1.165) is 17.7 Å². The number of carbonyl (C=O) groups is 1. The van der Waals surface area contributed by atoms with Gasteiger partial charge in [-0.1, -0.05) is 31.2 Å². The number of ether oxygens (including phenoxy) is 1. The van der Waals surface area contributed by atoms with Crippen molar-refractivity contribution in [2.45, 2.75) is 19.9 Å². The molecule has 3 aromatic rings. The van der Waals surface area contributed by atoms with Crippen molar-refractivity contribution >= 4 is 11.6 Å². The highest BCUT2D eigenvalue weighted by Gasteiger charge is 2.12. The van der Waals surface area contributed by atoms with E-state index in [2.05, 4.69) is 12.2 Å². The number of methoxy groups -OCH3 is 1. The van der Waals surface area contributed by atoms with Gasteiger partial charge in [-0.3, -0.25) is 9.59 Å². The molecule has 0 atom stereocenters. The van der Waals surface area contributed by atoms with Crippen LogP contribution in [0, 0.1) is 0 Å². The number of aryl methyl sites for hydroxylation is 1. The predicted octanol–water partition coefficient (Wildman–Crippen LogP) is 3.72. The molecule has 0 aliphatic rings. The molecule has 2 aromatic carbocycles. The molecule has 5 heteroatoms. The van der Waals surface area contributed by atoms with Crippen LogP contribution in [0.25, 0.3) is 0 Å². The van der Waals surface area contributed by atoms with E-state index in [-0.39, 0.29) is 11.1 Å². The van der Waals surface area contributed by atoms with Crippen molar-refractivity contribution in [3.63, 3.8) is 0 Å². The highest BCUT2D eigenvalue weighted by atomic mass is 16.5. The van der Waals surface area contributed by atoms with Crippen LogP contribution in [0.1, 0.15) is 28.4 Å². The van der Waals surface area contributed by atoms with Crippen LogP contribution in [0.2, 0.25) is 0 Å². The van der Waals surface area contributed by atoms with E-state index in [1.165, 1.54) is 10.1 Å². The number of anilines is 1. The molecule has 0 radical (unpaired) electrons. The second-order valence-electron chi connectivity index (χ2n) is 6.21. The first kappa shape index (κ1) is 18.5. The summed E-state index contributed by atoms with van der Waals surface area (Å²) in [5, 5.41) is 2.79. The lowest BCUT2D eigenvalue weighted by atomic mass is 10.1. The summed E-state index contributed by atoms with van der Waals surface area (Å²) in [6, 6.07) is 18.3. The Hall–Kier alpha value is -3.34. The van der Waals surface area contributed by atoms with E-state index in [9.17, 15) is 9.59 Å². The first-order chi connectivity index (χ1) is 13.1. The fourth-order valence-electron chi connectivity index (χ4n) is 2.78. The van der Waals surface area contributed by atoms with Crippen LogP contribution >= 0.6 is 0 Å². The maximum absolute atomic E-state index is 12.7. The van der Waals surface area contributed by atoms with Crippen molar-refractivity contribution in [3.05, 3.63) is 93.9 Å². The molecule has 1 N–H and O–H groups in total. The molecule has 0 aliphatic heterocycles. The quantitative estimate of drug-likeness (QED) is 0.727. The second kappa shape index (κ2) is 8.36. The smallest absolute Gasteiger partial charge is 0.263 e. The summed E-state index contributed by atoms with van der Waals surface area (Å²) < 4.78 is 6.67. The summed E-state index contributed by atoms with van der Waals surface area (Å²) >= 11 is 0. The van der Waals surface area contributed by atoms with E-state index in [1.807, 2.05) is 48.5 Å². The van der Waals surface area contributed by atoms with Crippen LogP contribution in [-0.2, 0) is 13.0 Å². The van der Waals surface area contributed by atoms with Gasteiger partial charge in [-0.15, -0.1) is 0 Å². The lowest BCUT2D eigenvalue weighted by molar-refractivity contribution is 0.102. The van der Waals surface area contributed by atoms with Crippen molar-refractivity contribution in [2.24, 2.45) is 0 Å². The van der Waals surface area contributed by atoms with Gasteiger partial charge >= 0.3 is 0 Å². The van der Waals surface area contributed by atoms with Gasteiger partial charge in [-0.2, -0.15) is 0 Å². The zero-order valence-electron chi connectivity index (χ0n) is 15.4. The molecule has 0 fully saturated rings. The molecule has 138 valence electrons. The Morgan fingerprint density at radius 1 is 1.00 bits per heavy atom. The minimum atomic E-state index is -0.409. The summed E-state index contributed by atoms with van der Waals surface area (Å²) in [6.07, 6.45) is 2.61. The zero-order chi connectivity index (χ0) is 19.2. The van der Waals surface area contributed by atoms with Crippen molar-refractivity contribution in [1.82, 2.24) is 4.57 Å². The standard InChI is InChI=1S/C22H22N2O3/c1-3-16-6-10-18(11-7-16)23-21(25)20-5-4-14-24(22(20)26)15-17-8-12-19(27-2)13-9-17/h4-14H,3,15H2,1-2H3,(H,23,25). The van der Waals surface area contributed by atoms with Gasteiger partial charge in [-0.05, 0) is 53.9 Å². The summed E-state index contributed by atoms with van der Waals surface area (Å²) in [7, 11) is 1.61. The van der Waals surface area contributed by atoms with Gasteiger partial charge in [0.05, 0.1) is 13.7 Å². The normalized spacial score (nSPS) is 10.4. The maximum Gasteiger partial charge on any atom is 0.263 e. The second-order valence-corrected chi connectivity index (χ2v) is 6.21. The number of amides is 1. The number of nitrogens with one attached hydrogen (secondary N) is 1. The largest absolute Gasteiger partial charge is 0.497 e. The van der Waals surface area contributed by atoms with Crippen LogP contribution in [0.4, 0.5) is 5.69 Å². The van der Waals surface area contributed by atoms with Gasteiger partial charge in [0.1, 0.15) is 11.3 Å². The molecule has 0 spiro atoms. The predicted molar refractivity (Wildman–Crippen MR) is 107 cm³/mol. The van der Waals surface area contributed by atoms with Gasteiger partial charge in [0.25, 0.3) is 11.5 Å². The number of aromatic nitrogens is 1. The molecule has 0 saturated heterocycles. The fourth-order valence-corrected chi connectivity index (χ4v) is 2.78. The van der Waals surface area contributed by atoms with Gasteiger partial charge in [-0.25, -0.2) is 0 Å². The molecule has 0 saturated carbocycles. The van der Waals surface area contributed by atoms with Gasteiger partial charge < -0.3 is 14.6 Å². The Morgan fingerprint density at radius 2 is 1.67 bits per heavy atom. The molecule has 1 aromatic heterocycles. The highest BCUT2D eigenvalue weighted by molar-refractivity contribution is 6.03. The Bertz CT molecular complexity index is 974. The molecule has 5 nitrogen and oxygen atoms in total. The third-order valence-electron chi connectivity index (χ3n) is 4.40. The van der Waals surface area contributed by atoms with Crippen molar-refractivity contribution < 1.29 is 9.53 Å². The number of hydrogen-bond acceptors (Lipinski definition) is 3. The van der Waals surface area contributed by atoms with Crippen LogP contribution < -0.4 is 15.6 Å². The molecule has 0 aliphatic carbocycles. The summed E-state index contributed by atoms with van der Waals surface area (Å²) in [5.41, 5.74) is 2.60. The summed E-state index contributed by atoms with van der Waals surface area (Å²) in [5.74, 6) is 0.349. The number of rotatable bonds is 6. The topological polar surface area (TPSA) is 60.3 Å². The molecule has 3 rings (SSSR count). The molecule has 0 bridgehead atoms. The Morgan fingerprint density at radius 3 is 2.30 bits per heavy atom. The molecular weight excluding hydrogens is 340 g/mol. The van der Waals surface area contributed by atoms with Crippen molar-refractivity contribution in [1.29, 1.82) is 0 Å². The lowest BCUT2D eigenvalue weighted by Gasteiger charge is -2.10. The third kappa shape index (κ3) is 4.44. The van der Waals surface area contributed by atoms with Crippen LogP contribution in [0.5, 0.6) is 5.75 Å². The van der Waals surface area contributed by atoms with Crippen LogP contribution in [0.3, 0.4) is 0 Å². The molecular formula is C22H22N2O3. The number of hydrogen-bond donors (Lipinski definition) is 1. The van der Waals surface area contributed by atoms with Gasteiger partial charge in [0, 0.05) is 11.9 Å². The Kier molecular flexibility index (Phi) is 5.71.